The highest BCUT2D eigenvalue weighted by Crippen LogP contribution is 2.19. The summed E-state index contributed by atoms with van der Waals surface area (Å²) in [5, 5.41) is 5.05. The standard InChI is InChI=1S/C24H17ClN4OS/c25-18-11-13-19(14-12-18)27-24-28(16-17-7-3-1-4-8-17)22-21(31-24)15-26-29(23(22)30)20-9-5-2-6-10-20/h1-15H,16H2. The zero-order valence-electron chi connectivity index (χ0n) is 16.4. The number of hydrogen-bond acceptors (Lipinski definition) is 4. The quantitative estimate of drug-likeness (QED) is 0.383. The van der Waals surface area contributed by atoms with Crippen molar-refractivity contribution in [3.05, 3.63) is 117 Å². The van der Waals surface area contributed by atoms with Crippen molar-refractivity contribution in [3.8, 4) is 5.69 Å². The van der Waals surface area contributed by atoms with Crippen LogP contribution in [0.25, 0.3) is 15.9 Å². The van der Waals surface area contributed by atoms with Gasteiger partial charge in [-0.3, -0.25) is 4.79 Å². The molecule has 2 aromatic heterocycles. The van der Waals surface area contributed by atoms with E-state index in [-0.39, 0.29) is 5.56 Å². The molecule has 7 heteroatoms. The molecular formula is C24H17ClN4OS. The van der Waals surface area contributed by atoms with Gasteiger partial charge in [0.1, 0.15) is 5.52 Å². The molecule has 0 aliphatic rings. The number of hydrogen-bond donors (Lipinski definition) is 0. The Bertz CT molecular complexity index is 1470. The van der Waals surface area contributed by atoms with Crippen LogP contribution in [-0.2, 0) is 6.54 Å². The largest absolute Gasteiger partial charge is 0.307 e. The van der Waals surface area contributed by atoms with Crippen molar-refractivity contribution >= 4 is 38.8 Å². The Morgan fingerprint density at radius 1 is 0.903 bits per heavy atom. The lowest BCUT2D eigenvalue weighted by Gasteiger charge is -2.08. The van der Waals surface area contributed by atoms with E-state index in [1.165, 1.54) is 16.0 Å². The molecule has 0 fully saturated rings. The van der Waals surface area contributed by atoms with Crippen LogP contribution in [0.4, 0.5) is 5.69 Å². The molecule has 3 aromatic carbocycles. The molecule has 0 amide bonds. The molecule has 0 radical (unpaired) electrons. The molecule has 0 spiro atoms. The van der Waals surface area contributed by atoms with Crippen molar-refractivity contribution in [3.63, 3.8) is 0 Å². The molecule has 152 valence electrons. The van der Waals surface area contributed by atoms with Crippen LogP contribution in [0, 0.1) is 0 Å². The molecule has 0 aliphatic carbocycles. The normalized spacial score (nSPS) is 11.8. The minimum Gasteiger partial charge on any atom is -0.307 e. The Morgan fingerprint density at radius 2 is 1.58 bits per heavy atom. The topological polar surface area (TPSA) is 52.2 Å². The maximum Gasteiger partial charge on any atom is 0.296 e. The average molecular weight is 445 g/mol. The van der Waals surface area contributed by atoms with Crippen LogP contribution in [0.15, 0.2) is 101 Å². The smallest absolute Gasteiger partial charge is 0.296 e. The number of benzene rings is 3. The van der Waals surface area contributed by atoms with Crippen molar-refractivity contribution in [2.75, 3.05) is 0 Å². The summed E-state index contributed by atoms with van der Waals surface area (Å²) in [5.41, 5.74) is 2.99. The number of thiazole rings is 1. The first-order chi connectivity index (χ1) is 15.2. The maximum atomic E-state index is 13.5. The van der Waals surface area contributed by atoms with Crippen LogP contribution in [0.5, 0.6) is 0 Å². The number of rotatable bonds is 4. The fraction of sp³-hybridized carbons (Fsp3) is 0.0417. The fourth-order valence-electron chi connectivity index (χ4n) is 3.38. The van der Waals surface area contributed by atoms with Gasteiger partial charge in [0.25, 0.3) is 5.56 Å². The van der Waals surface area contributed by atoms with Gasteiger partial charge >= 0.3 is 0 Å². The first kappa shape index (κ1) is 19.5. The highest BCUT2D eigenvalue weighted by Gasteiger charge is 2.14. The molecule has 0 unspecified atom stereocenters. The van der Waals surface area contributed by atoms with Crippen molar-refractivity contribution in [1.29, 1.82) is 0 Å². The van der Waals surface area contributed by atoms with Crippen LogP contribution < -0.4 is 10.4 Å². The summed E-state index contributed by atoms with van der Waals surface area (Å²) in [6, 6.07) is 26.8. The van der Waals surface area contributed by atoms with Gasteiger partial charge in [-0.25, -0.2) is 4.99 Å². The number of nitrogens with zero attached hydrogens (tertiary/aromatic N) is 4. The van der Waals surface area contributed by atoms with Gasteiger partial charge in [0, 0.05) is 5.02 Å². The summed E-state index contributed by atoms with van der Waals surface area (Å²) in [7, 11) is 0. The third kappa shape index (κ3) is 3.95. The van der Waals surface area contributed by atoms with E-state index in [1.807, 2.05) is 77.4 Å². The van der Waals surface area contributed by atoms with Crippen LogP contribution in [0.3, 0.4) is 0 Å². The van der Waals surface area contributed by atoms with Crippen molar-refractivity contribution in [2.45, 2.75) is 6.54 Å². The molecule has 0 bridgehead atoms. The summed E-state index contributed by atoms with van der Waals surface area (Å²) in [5.74, 6) is 0. The van der Waals surface area contributed by atoms with Crippen LogP contribution in [0.2, 0.25) is 5.02 Å². The van der Waals surface area contributed by atoms with E-state index in [0.717, 1.165) is 26.4 Å². The van der Waals surface area contributed by atoms with Gasteiger partial charge in [0.15, 0.2) is 4.80 Å². The number of para-hydroxylation sites is 1. The minimum atomic E-state index is -0.173. The van der Waals surface area contributed by atoms with Gasteiger partial charge in [-0.05, 0) is 42.0 Å². The molecule has 0 saturated carbocycles. The minimum absolute atomic E-state index is 0.173. The van der Waals surface area contributed by atoms with Crippen molar-refractivity contribution in [1.82, 2.24) is 14.3 Å². The number of aromatic nitrogens is 3. The molecular weight excluding hydrogens is 428 g/mol. The highest BCUT2D eigenvalue weighted by atomic mass is 35.5. The van der Waals surface area contributed by atoms with E-state index in [4.69, 9.17) is 16.6 Å². The van der Waals surface area contributed by atoms with Gasteiger partial charge < -0.3 is 4.57 Å². The lowest BCUT2D eigenvalue weighted by atomic mass is 10.2. The Kier molecular flexibility index (Phi) is 5.24. The second kappa shape index (κ2) is 8.34. The van der Waals surface area contributed by atoms with E-state index in [9.17, 15) is 4.79 Å². The Morgan fingerprint density at radius 3 is 2.29 bits per heavy atom. The summed E-state index contributed by atoms with van der Waals surface area (Å²) in [6.45, 7) is 0.529. The molecule has 0 N–H and O–H groups in total. The van der Waals surface area contributed by atoms with Gasteiger partial charge in [-0.15, -0.1) is 0 Å². The molecule has 0 saturated heterocycles. The molecule has 5 rings (SSSR count). The summed E-state index contributed by atoms with van der Waals surface area (Å²) >= 11 is 7.47. The predicted molar refractivity (Wildman–Crippen MR) is 125 cm³/mol. The van der Waals surface area contributed by atoms with Gasteiger partial charge in [-0.2, -0.15) is 9.78 Å². The van der Waals surface area contributed by atoms with E-state index < -0.39 is 0 Å². The summed E-state index contributed by atoms with van der Waals surface area (Å²) in [6.07, 6.45) is 1.73. The first-order valence-corrected chi connectivity index (χ1v) is 10.9. The van der Waals surface area contributed by atoms with Gasteiger partial charge in [0.2, 0.25) is 0 Å². The Hall–Kier alpha value is -3.48. The third-order valence-electron chi connectivity index (χ3n) is 4.86. The molecule has 0 atom stereocenters. The Labute approximate surface area is 187 Å². The molecule has 31 heavy (non-hydrogen) atoms. The van der Waals surface area contributed by atoms with Crippen LogP contribution in [-0.4, -0.2) is 14.3 Å². The highest BCUT2D eigenvalue weighted by molar-refractivity contribution is 7.16. The van der Waals surface area contributed by atoms with Gasteiger partial charge in [-0.1, -0.05) is 71.5 Å². The third-order valence-corrected chi connectivity index (χ3v) is 6.12. The monoisotopic (exact) mass is 444 g/mol. The van der Waals surface area contributed by atoms with E-state index in [2.05, 4.69) is 5.10 Å². The number of halogens is 1. The molecule has 0 aliphatic heterocycles. The zero-order valence-corrected chi connectivity index (χ0v) is 17.9. The average Bonchev–Trinajstić information content (AvgIpc) is 3.14. The molecule has 2 heterocycles. The summed E-state index contributed by atoms with van der Waals surface area (Å²) in [4.78, 5) is 19.0. The van der Waals surface area contributed by atoms with Crippen LogP contribution in [0.1, 0.15) is 5.56 Å². The molecule has 5 aromatic rings. The van der Waals surface area contributed by atoms with E-state index in [0.29, 0.717) is 17.1 Å². The lowest BCUT2D eigenvalue weighted by molar-refractivity contribution is 0.768. The van der Waals surface area contributed by atoms with E-state index in [1.54, 1.807) is 18.3 Å². The van der Waals surface area contributed by atoms with Crippen molar-refractivity contribution in [2.24, 2.45) is 4.99 Å². The Balaban J connectivity index is 1.76. The summed E-state index contributed by atoms with van der Waals surface area (Å²) < 4.78 is 4.19. The zero-order chi connectivity index (χ0) is 21.2. The van der Waals surface area contributed by atoms with E-state index >= 15 is 0 Å². The maximum absolute atomic E-state index is 13.5. The predicted octanol–water partition coefficient (Wildman–Crippen LogP) is 5.18. The first-order valence-electron chi connectivity index (χ1n) is 9.70. The fourth-order valence-corrected chi connectivity index (χ4v) is 4.51. The van der Waals surface area contributed by atoms with Gasteiger partial charge in [0.05, 0.1) is 28.8 Å². The van der Waals surface area contributed by atoms with Crippen molar-refractivity contribution < 1.29 is 0 Å². The second-order valence-electron chi connectivity index (χ2n) is 6.95. The van der Waals surface area contributed by atoms with Crippen LogP contribution >= 0.6 is 22.9 Å². The SMILES string of the molecule is O=c1c2c(cnn1-c1ccccc1)sc(=Nc1ccc(Cl)cc1)n2Cc1ccccc1. The number of fused-ring (bicyclic) bond motifs is 1. The molecule has 5 nitrogen and oxygen atoms in total. The second-order valence-corrected chi connectivity index (χ2v) is 8.40. The lowest BCUT2D eigenvalue weighted by Crippen LogP contribution is -2.25.